The zero-order valence-corrected chi connectivity index (χ0v) is 67.2. The Morgan fingerprint density at radius 2 is 0.465 bits per heavy atom. The molecule has 682 valence electrons. The highest BCUT2D eigenvalue weighted by molar-refractivity contribution is 6.00. The number of aliphatic hydroxyl groups excluding tert-OH is 20. The molecule has 0 aliphatic carbocycles. The number of aliphatic hydroxyl groups is 20. The van der Waals surface area contributed by atoms with Crippen LogP contribution in [-0.2, 0) is 66.3 Å². The Morgan fingerprint density at radius 3 is 0.685 bits per heavy atom. The molecule has 35 atom stereocenters. The molecule has 23 aliphatic rings. The zero-order chi connectivity index (χ0) is 89.1. The van der Waals surface area contributed by atoms with Gasteiger partial charge in [0, 0.05) is 56.4 Å². The van der Waals surface area contributed by atoms with Gasteiger partial charge in [0.25, 0.3) is 5.91 Å². The second-order valence-corrected chi connectivity index (χ2v) is 32.4. The van der Waals surface area contributed by atoms with Crippen molar-refractivity contribution in [3.63, 3.8) is 0 Å². The van der Waals surface area contributed by atoms with Gasteiger partial charge in [-0.2, -0.15) is 0 Å². The lowest BCUT2D eigenvalue weighted by molar-refractivity contribution is -0.396. The van der Waals surface area contributed by atoms with Crippen molar-refractivity contribution < 1.29 is 173 Å². The number of hydrogen-bond donors (Lipinski definition) is 23. The molecule has 0 unspecified atom stereocenters. The third-order valence-corrected chi connectivity index (χ3v) is 24.4. The lowest BCUT2D eigenvalue weighted by Gasteiger charge is -2.50. The van der Waals surface area contributed by atoms with E-state index >= 15 is 0 Å². The number of ether oxygens (including phenoxy) is 14. The predicted molar refractivity (Wildman–Crippen MR) is 434 cm³/mol. The van der Waals surface area contributed by atoms with E-state index in [1.165, 1.54) is 12.1 Å². The van der Waals surface area contributed by atoms with Crippen LogP contribution in [0.25, 0.3) is 90.9 Å². The fourth-order valence-electron chi connectivity index (χ4n) is 17.8. The van der Waals surface area contributed by atoms with Gasteiger partial charge in [-0.1, -0.05) is 103 Å². The summed E-state index contributed by atoms with van der Waals surface area (Å²) in [6.07, 6.45) is -65.1. The number of rotatable bonds is 13. The third kappa shape index (κ3) is 17.6. The Balaban J connectivity index is 0.689. The monoisotopic (exact) mass is 1770 g/mol. The van der Waals surface area contributed by atoms with Gasteiger partial charge < -0.3 is 184 Å². The van der Waals surface area contributed by atoms with Crippen molar-refractivity contribution in [1.82, 2.24) is 25.3 Å². The first-order chi connectivity index (χ1) is 61.4. The first-order valence-electron chi connectivity index (χ1n) is 41.5. The molecule has 4 aromatic carbocycles. The van der Waals surface area contributed by atoms with Crippen molar-refractivity contribution in [2.45, 2.75) is 215 Å². The Morgan fingerprint density at radius 1 is 0.260 bits per heavy atom. The van der Waals surface area contributed by atoms with Gasteiger partial charge in [0.2, 0.25) is 0 Å². The lowest BCUT2D eigenvalue weighted by atomic mass is 9.95. The summed E-state index contributed by atoms with van der Waals surface area (Å²) >= 11 is 0. The Hall–Kier alpha value is -8.41. The topological polar surface area (TPSA) is 620 Å². The quantitative estimate of drug-likeness (QED) is 0.0521. The third-order valence-electron chi connectivity index (χ3n) is 24.4. The summed E-state index contributed by atoms with van der Waals surface area (Å²) < 4.78 is 83.0. The SMILES string of the molecule is O=C(NC[C@H]1O[C@@H]2O[C@H]3[C@H](O)[C@@H](O)[C@@H](O[C@H]4[C@H](O)[C@@H](O)[C@@H](O[C@H]5[C@H](O)[C@@H](O)[C@@H](O[C@H]6[C@H](O)[C@@H](O)[C@@H](O[C@H]7[C@H](O)[C@@H](O)[C@@H](O[C@H]8[C@H](O)[C@@H](O)[C@@H](O[C@H]1[C@H](O)[C@H]2O)O[C@@H]8CO)O[C@@H]7CO)O[C@@H]6CO)O[C@@H]5CO)O[C@@H]4CO)O[C@@H]3CO)c1ccc(-c2c3nc(c(-c4ccccc4)c4ccc([nH]4)c(-c4ccccc4)c4nc(c(-c5ccccc5)c5ccc2[nH]5)C=C4)C=C3)cc1. The predicted octanol–water partition coefficient (Wildman–Crippen LogP) is -4.16. The summed E-state index contributed by atoms with van der Waals surface area (Å²) in [7, 11) is 0. The molecule has 23 N–H and O–H groups in total. The molecule has 23 aliphatic heterocycles. The minimum absolute atomic E-state index is 0.0264. The first kappa shape index (κ1) is 90.5. The van der Waals surface area contributed by atoms with Crippen LogP contribution in [0.2, 0.25) is 0 Å². The van der Waals surface area contributed by atoms with Gasteiger partial charge in [0.1, 0.15) is 171 Å². The molecular formula is C87H99N5O35. The average Bonchev–Trinajstić information content (AvgIpc) is 1.72. The van der Waals surface area contributed by atoms with Crippen LogP contribution < -0.4 is 5.32 Å². The van der Waals surface area contributed by atoms with E-state index in [1.54, 1.807) is 12.1 Å². The zero-order valence-electron chi connectivity index (χ0n) is 67.2. The van der Waals surface area contributed by atoms with E-state index < -0.39 is 267 Å². The van der Waals surface area contributed by atoms with E-state index in [2.05, 4.69) is 15.3 Å². The van der Waals surface area contributed by atoms with E-state index in [1.807, 2.05) is 140 Å². The number of hydrogen-bond acceptors (Lipinski definition) is 37. The van der Waals surface area contributed by atoms with Gasteiger partial charge in [-0.15, -0.1) is 0 Å². The van der Waals surface area contributed by atoms with Crippen LogP contribution in [0, 0.1) is 0 Å². The number of nitrogens with zero attached hydrogens (tertiary/aromatic N) is 2. The summed E-state index contributed by atoms with van der Waals surface area (Å²) in [4.78, 5) is 33.1. The van der Waals surface area contributed by atoms with Gasteiger partial charge >= 0.3 is 0 Å². The number of aromatic amines is 2. The van der Waals surface area contributed by atoms with Crippen LogP contribution >= 0.6 is 0 Å². The summed E-state index contributed by atoms with van der Waals surface area (Å²) in [5.74, 6) is -0.802. The van der Waals surface area contributed by atoms with Crippen LogP contribution in [0.3, 0.4) is 0 Å². The Labute approximate surface area is 721 Å². The van der Waals surface area contributed by atoms with Crippen LogP contribution in [0.1, 0.15) is 33.1 Å². The Kier molecular flexibility index (Phi) is 27.5. The van der Waals surface area contributed by atoms with Crippen LogP contribution in [0.5, 0.6) is 0 Å². The summed E-state index contributed by atoms with van der Waals surface area (Å²) in [6, 6.07) is 44.0. The van der Waals surface area contributed by atoms with E-state index in [4.69, 9.17) is 76.3 Å². The van der Waals surface area contributed by atoms with Crippen LogP contribution in [0.4, 0.5) is 0 Å². The molecule has 127 heavy (non-hydrogen) atoms. The number of nitrogens with one attached hydrogen (secondary N) is 3. The largest absolute Gasteiger partial charge is 0.394 e. The molecule has 0 spiro atoms. The number of amides is 1. The van der Waals surface area contributed by atoms with Crippen molar-refractivity contribution in [1.29, 1.82) is 0 Å². The summed E-state index contributed by atoms with van der Waals surface area (Å²) in [5.41, 5.74) is 11.8. The molecule has 0 saturated carbocycles. The highest BCUT2D eigenvalue weighted by atomic mass is 16.8. The second-order valence-electron chi connectivity index (χ2n) is 32.4. The number of carbonyl (C=O) groups excluding carboxylic acids is 1. The molecule has 21 saturated heterocycles. The highest BCUT2D eigenvalue weighted by Gasteiger charge is 2.60. The molecule has 1 amide bonds. The van der Waals surface area contributed by atoms with Gasteiger partial charge in [-0.25, -0.2) is 9.97 Å². The van der Waals surface area contributed by atoms with Gasteiger partial charge in [-0.3, -0.25) is 4.79 Å². The van der Waals surface area contributed by atoms with Crippen LogP contribution in [-0.4, -0.2) is 389 Å². The van der Waals surface area contributed by atoms with Crippen molar-refractivity contribution >= 4 is 52.3 Å². The summed E-state index contributed by atoms with van der Waals surface area (Å²) in [6.45, 7) is -7.28. The Bertz CT molecular complexity index is 5130. The highest BCUT2D eigenvalue weighted by Crippen LogP contribution is 2.43. The first-order valence-corrected chi connectivity index (χ1v) is 41.5. The molecule has 0 radical (unpaired) electrons. The maximum Gasteiger partial charge on any atom is 0.251 e. The molecule has 21 fully saturated rings. The molecule has 26 heterocycles. The van der Waals surface area contributed by atoms with Crippen molar-refractivity contribution in [2.75, 3.05) is 46.2 Å². The minimum atomic E-state index is -2.33. The number of fused-ring (bicyclic) bond motifs is 8. The molecule has 40 heteroatoms. The number of aromatic nitrogens is 4. The van der Waals surface area contributed by atoms with Crippen molar-refractivity contribution in [2.24, 2.45) is 0 Å². The normalized spacial score (nSPS) is 38.4. The smallest absolute Gasteiger partial charge is 0.251 e. The van der Waals surface area contributed by atoms with E-state index in [0.717, 1.165) is 50.1 Å². The van der Waals surface area contributed by atoms with Gasteiger partial charge in [0.05, 0.1) is 62.4 Å². The minimum Gasteiger partial charge on any atom is -0.394 e. The van der Waals surface area contributed by atoms with Gasteiger partial charge in [0.15, 0.2) is 44.0 Å². The molecule has 22 bridgehead atoms. The molecule has 7 aromatic rings. The molecule has 40 nitrogen and oxygen atoms in total. The van der Waals surface area contributed by atoms with E-state index in [-0.39, 0.29) is 5.56 Å². The van der Waals surface area contributed by atoms with E-state index in [0.29, 0.717) is 39.2 Å². The molecular weight excluding hydrogens is 1670 g/mol. The summed E-state index contributed by atoms with van der Waals surface area (Å²) in [5, 5.41) is 232. The van der Waals surface area contributed by atoms with E-state index in [9.17, 15) is 107 Å². The van der Waals surface area contributed by atoms with Crippen molar-refractivity contribution in [3.05, 3.63) is 168 Å². The molecule has 3 aromatic heterocycles. The second kappa shape index (κ2) is 38.6. The lowest BCUT2D eigenvalue weighted by Crippen LogP contribution is -2.68. The average molecular weight is 1770 g/mol. The number of carbonyl (C=O) groups is 1. The number of H-pyrrole nitrogens is 2. The number of benzene rings is 4. The van der Waals surface area contributed by atoms with Gasteiger partial charge in [-0.05, 0) is 83.0 Å². The standard InChI is InChI=1S/C87H99N5O35/c93-29-49-74-61(101)68(108)83(116-49)124-76-51(31-95)118-85(70(110)63(76)103)126-78-53(33-97)120-87(72(112)65(78)105)127-79-54(34-98)119-86(71(111)64(79)104)125-77-52(32-96)117-84(69(109)62(77)102)123-75-50(30-94)115-82(67(107)60(75)100)121-73-48(114-81(122-74)66(106)59(73)99)28-88-80(113)39-18-16-38(17-19-39)58-46-26-24-44(91-46)56(36-12-6-2-7-13-36)42-22-20-40(89-42)55(35-10-4-1-5-11-35)41-21-23-43(90-41)57(37-14-8-3-9-15-37)45-25-27-47(58)92-45/h1-27,48-54,59-79,81-87,89,92-112H,28-34H2,(H,88,113)/t48-,49-,50-,51-,52-,53-,54-,59-,60-,61-,62-,63-,64-,65-,66-,67-,68-,69-,70-,71-,72-,73-,74-,75-,76-,77-,78-,79-,81-,82-,83-,84-,85-,86-,87-/m1/s1. The maximum atomic E-state index is 14.9. The fourth-order valence-corrected chi connectivity index (χ4v) is 17.8. The maximum absolute atomic E-state index is 14.9. The fraction of sp³-hybridized carbons (Fsp3) is 0.483. The molecule has 30 rings (SSSR count). The van der Waals surface area contributed by atoms with Crippen molar-refractivity contribution in [3.8, 4) is 44.5 Å². The van der Waals surface area contributed by atoms with Crippen LogP contribution in [0.15, 0.2) is 140 Å².